The van der Waals surface area contributed by atoms with Crippen LogP contribution in [0.25, 0.3) is 5.69 Å². The average Bonchev–Trinajstić information content (AvgIpc) is 3.25. The molecule has 0 bridgehead atoms. The van der Waals surface area contributed by atoms with Crippen molar-refractivity contribution in [3.63, 3.8) is 0 Å². The van der Waals surface area contributed by atoms with Crippen molar-refractivity contribution < 1.29 is 4.79 Å². The predicted octanol–water partition coefficient (Wildman–Crippen LogP) is 2.80. The Labute approximate surface area is 162 Å². The molecule has 3 aromatic rings. The molecule has 1 aliphatic rings. The van der Waals surface area contributed by atoms with Crippen LogP contribution in [0.3, 0.4) is 0 Å². The molecule has 4 rings (SSSR count). The van der Waals surface area contributed by atoms with Crippen molar-refractivity contribution >= 4 is 17.5 Å². The fourth-order valence-corrected chi connectivity index (χ4v) is 3.79. The molecule has 6 nitrogen and oxygen atoms in total. The van der Waals surface area contributed by atoms with Gasteiger partial charge in [-0.1, -0.05) is 59.3 Å². The van der Waals surface area contributed by atoms with Crippen LogP contribution < -0.4 is 5.73 Å². The Morgan fingerprint density at radius 1 is 1.11 bits per heavy atom. The minimum Gasteiger partial charge on any atom is -0.335 e. The van der Waals surface area contributed by atoms with E-state index < -0.39 is 0 Å². The maximum atomic E-state index is 13.0. The minimum absolute atomic E-state index is 0.102. The summed E-state index contributed by atoms with van der Waals surface area (Å²) >= 11 is 6.25. The van der Waals surface area contributed by atoms with E-state index in [2.05, 4.69) is 22.4 Å². The third-order valence-corrected chi connectivity index (χ3v) is 5.38. The zero-order chi connectivity index (χ0) is 19.0. The number of aromatic nitrogens is 3. The third-order valence-electron chi connectivity index (χ3n) is 5.06. The van der Waals surface area contributed by atoms with E-state index >= 15 is 0 Å². The maximum Gasteiger partial charge on any atom is 0.276 e. The number of carbonyl (C=O) groups excluding carboxylic acids is 1. The van der Waals surface area contributed by atoms with Crippen molar-refractivity contribution in [3.8, 4) is 5.69 Å². The number of hydrogen-bond acceptors (Lipinski definition) is 4. The first-order valence-corrected chi connectivity index (χ1v) is 9.21. The fraction of sp³-hybridized carbons (Fsp3) is 0.250. The van der Waals surface area contributed by atoms with Gasteiger partial charge in [0.25, 0.3) is 5.91 Å². The summed E-state index contributed by atoms with van der Waals surface area (Å²) in [4.78, 5) is 14.8. The van der Waals surface area contributed by atoms with Gasteiger partial charge in [0.05, 0.1) is 16.4 Å². The Balaban J connectivity index is 1.59. The van der Waals surface area contributed by atoms with Gasteiger partial charge in [0.15, 0.2) is 5.69 Å². The van der Waals surface area contributed by atoms with Crippen molar-refractivity contribution in [2.45, 2.75) is 18.9 Å². The van der Waals surface area contributed by atoms with Gasteiger partial charge in [-0.3, -0.25) is 4.79 Å². The average molecular weight is 382 g/mol. The Morgan fingerprint density at radius 3 is 2.56 bits per heavy atom. The highest BCUT2D eigenvalue weighted by atomic mass is 35.5. The van der Waals surface area contributed by atoms with Crippen LogP contribution in [0.4, 0.5) is 0 Å². The van der Waals surface area contributed by atoms with Gasteiger partial charge >= 0.3 is 0 Å². The maximum absolute atomic E-state index is 13.0. The first kappa shape index (κ1) is 17.7. The second kappa shape index (κ2) is 7.13. The van der Waals surface area contributed by atoms with Crippen LogP contribution >= 0.6 is 11.6 Å². The molecule has 0 unspecified atom stereocenters. The fourth-order valence-electron chi connectivity index (χ4n) is 3.58. The first-order chi connectivity index (χ1) is 13.1. The van der Waals surface area contributed by atoms with E-state index in [1.54, 1.807) is 15.6 Å². The smallest absolute Gasteiger partial charge is 0.276 e. The molecule has 1 aromatic heterocycles. The van der Waals surface area contributed by atoms with Gasteiger partial charge in [-0.05, 0) is 24.6 Å². The van der Waals surface area contributed by atoms with Crippen LogP contribution in [-0.4, -0.2) is 44.9 Å². The van der Waals surface area contributed by atoms with E-state index in [-0.39, 0.29) is 17.9 Å². The molecule has 1 fully saturated rings. The molecule has 2 heterocycles. The molecule has 1 amide bonds. The van der Waals surface area contributed by atoms with Gasteiger partial charge in [0.2, 0.25) is 0 Å². The van der Waals surface area contributed by atoms with Crippen molar-refractivity contribution in [2.75, 3.05) is 13.1 Å². The molecule has 2 aromatic carbocycles. The molecule has 1 aliphatic heterocycles. The Bertz CT molecular complexity index is 972. The van der Waals surface area contributed by atoms with E-state index in [1.807, 2.05) is 43.3 Å². The standard InChI is InChI=1S/C20H20ClN5O/c1-13-19(23-24-26(13)18-10-6-5-9-16(18)21)20(27)25-11-15(17(22)12-25)14-7-3-2-4-8-14/h2-10,15,17H,11-12,22H2,1H3/t15-,17+/m0/s1. The number of nitrogens with zero attached hydrogens (tertiary/aromatic N) is 4. The minimum atomic E-state index is -0.153. The highest BCUT2D eigenvalue weighted by molar-refractivity contribution is 6.32. The second-order valence-corrected chi connectivity index (χ2v) is 7.19. The number of halogens is 1. The zero-order valence-electron chi connectivity index (χ0n) is 14.9. The molecule has 27 heavy (non-hydrogen) atoms. The largest absolute Gasteiger partial charge is 0.335 e. The van der Waals surface area contributed by atoms with E-state index in [1.165, 1.54) is 0 Å². The highest BCUT2D eigenvalue weighted by Crippen LogP contribution is 2.28. The molecule has 2 atom stereocenters. The van der Waals surface area contributed by atoms with E-state index in [0.717, 1.165) is 5.56 Å². The van der Waals surface area contributed by atoms with Crippen LogP contribution in [-0.2, 0) is 0 Å². The molecular weight excluding hydrogens is 362 g/mol. The normalized spacial score (nSPS) is 19.4. The van der Waals surface area contributed by atoms with Gasteiger partial charge in [-0.25, -0.2) is 4.68 Å². The lowest BCUT2D eigenvalue weighted by Crippen LogP contribution is -2.32. The number of carbonyl (C=O) groups is 1. The number of nitrogens with two attached hydrogens (primary N) is 1. The van der Waals surface area contributed by atoms with Crippen LogP contribution in [0.2, 0.25) is 5.02 Å². The summed E-state index contributed by atoms with van der Waals surface area (Å²) in [5.41, 5.74) is 9.15. The third kappa shape index (κ3) is 3.22. The molecule has 2 N–H and O–H groups in total. The lowest BCUT2D eigenvalue weighted by molar-refractivity contribution is 0.0782. The molecule has 0 radical (unpaired) electrons. The summed E-state index contributed by atoms with van der Waals surface area (Å²) in [6.45, 7) is 2.89. The predicted molar refractivity (Wildman–Crippen MR) is 104 cm³/mol. The first-order valence-electron chi connectivity index (χ1n) is 8.83. The Kier molecular flexibility index (Phi) is 4.68. The van der Waals surface area contributed by atoms with Gasteiger partial charge in [0.1, 0.15) is 0 Å². The lowest BCUT2D eigenvalue weighted by atomic mass is 9.95. The molecule has 0 aliphatic carbocycles. The Hall–Kier alpha value is -2.70. The van der Waals surface area contributed by atoms with Gasteiger partial charge in [-0.2, -0.15) is 0 Å². The molecule has 0 saturated carbocycles. The van der Waals surface area contributed by atoms with Crippen LogP contribution in [0.5, 0.6) is 0 Å². The summed E-state index contributed by atoms with van der Waals surface area (Å²) in [5.74, 6) is -0.0336. The van der Waals surface area contributed by atoms with Crippen LogP contribution in [0.1, 0.15) is 27.7 Å². The van der Waals surface area contributed by atoms with E-state index in [9.17, 15) is 4.79 Å². The molecule has 7 heteroatoms. The molecule has 138 valence electrons. The summed E-state index contributed by atoms with van der Waals surface area (Å²) in [6, 6.07) is 17.3. The lowest BCUT2D eigenvalue weighted by Gasteiger charge is -2.15. The SMILES string of the molecule is Cc1c(C(=O)N2C[C@@H](N)[C@H](c3ccccc3)C2)nnn1-c1ccccc1Cl. The van der Waals surface area contributed by atoms with Gasteiger partial charge in [0, 0.05) is 25.0 Å². The van der Waals surface area contributed by atoms with E-state index in [4.69, 9.17) is 17.3 Å². The van der Waals surface area contributed by atoms with Crippen molar-refractivity contribution in [2.24, 2.45) is 5.73 Å². The highest BCUT2D eigenvalue weighted by Gasteiger charge is 2.36. The number of amides is 1. The monoisotopic (exact) mass is 381 g/mol. The molecule has 1 saturated heterocycles. The quantitative estimate of drug-likeness (QED) is 0.756. The van der Waals surface area contributed by atoms with E-state index in [0.29, 0.717) is 35.2 Å². The number of likely N-dealkylation sites (tertiary alicyclic amines) is 1. The summed E-state index contributed by atoms with van der Waals surface area (Å²) < 4.78 is 1.60. The number of benzene rings is 2. The second-order valence-electron chi connectivity index (χ2n) is 6.78. The number of para-hydroxylation sites is 1. The van der Waals surface area contributed by atoms with Crippen molar-refractivity contribution in [1.29, 1.82) is 0 Å². The summed E-state index contributed by atoms with van der Waals surface area (Å²) in [6.07, 6.45) is 0. The zero-order valence-corrected chi connectivity index (χ0v) is 15.7. The van der Waals surface area contributed by atoms with Crippen LogP contribution in [0.15, 0.2) is 54.6 Å². The molecular formula is C20H20ClN5O. The van der Waals surface area contributed by atoms with Gasteiger partial charge in [-0.15, -0.1) is 5.10 Å². The van der Waals surface area contributed by atoms with Crippen molar-refractivity contribution in [1.82, 2.24) is 19.9 Å². The summed E-state index contributed by atoms with van der Waals surface area (Å²) in [5, 5.41) is 8.81. The van der Waals surface area contributed by atoms with Crippen molar-refractivity contribution in [3.05, 3.63) is 76.6 Å². The topological polar surface area (TPSA) is 77.0 Å². The van der Waals surface area contributed by atoms with Gasteiger partial charge < -0.3 is 10.6 Å². The summed E-state index contributed by atoms with van der Waals surface area (Å²) in [7, 11) is 0. The molecule has 0 spiro atoms. The number of rotatable bonds is 3. The van der Waals surface area contributed by atoms with Crippen LogP contribution in [0, 0.1) is 6.92 Å². The number of hydrogen-bond donors (Lipinski definition) is 1. The Morgan fingerprint density at radius 2 is 1.81 bits per heavy atom.